The van der Waals surface area contributed by atoms with E-state index in [1.54, 1.807) is 42.5 Å². The topological polar surface area (TPSA) is 91.2 Å². The van der Waals surface area contributed by atoms with Gasteiger partial charge < -0.3 is 15.4 Å². The molecular formula is C26H20Br2ClN3O3. The molecule has 35 heavy (non-hydrogen) atoms. The lowest BCUT2D eigenvalue weighted by atomic mass is 10.1. The fraction of sp³-hybridized carbons (Fsp3) is 0.115. The van der Waals surface area contributed by atoms with Gasteiger partial charge in [0.2, 0.25) is 0 Å². The van der Waals surface area contributed by atoms with Gasteiger partial charge in [0.1, 0.15) is 17.4 Å². The predicted octanol–water partition coefficient (Wildman–Crippen LogP) is 7.05. The zero-order valence-corrected chi connectivity index (χ0v) is 22.7. The lowest BCUT2D eigenvalue weighted by molar-refractivity contribution is -0.118. The van der Waals surface area contributed by atoms with Crippen LogP contribution in [0.15, 0.2) is 69.1 Å². The van der Waals surface area contributed by atoms with E-state index in [9.17, 15) is 14.9 Å². The zero-order chi connectivity index (χ0) is 25.5. The number of hydrogen-bond donors (Lipinski definition) is 2. The Labute approximate surface area is 225 Å². The molecule has 0 aliphatic rings. The number of aryl methyl sites for hydroxylation is 2. The van der Waals surface area contributed by atoms with Gasteiger partial charge in [-0.3, -0.25) is 9.59 Å². The lowest BCUT2D eigenvalue weighted by Gasteiger charge is -2.13. The van der Waals surface area contributed by atoms with Gasteiger partial charge in [-0.2, -0.15) is 5.26 Å². The molecule has 6 nitrogen and oxygen atoms in total. The van der Waals surface area contributed by atoms with Crippen molar-refractivity contribution >= 4 is 72.7 Å². The van der Waals surface area contributed by atoms with Gasteiger partial charge in [-0.15, -0.1) is 0 Å². The molecule has 0 fully saturated rings. The third kappa shape index (κ3) is 7.18. The van der Waals surface area contributed by atoms with Crippen LogP contribution in [0.4, 0.5) is 11.4 Å². The van der Waals surface area contributed by atoms with Gasteiger partial charge in [0.05, 0.1) is 4.47 Å². The van der Waals surface area contributed by atoms with Crippen LogP contribution in [0.2, 0.25) is 5.02 Å². The molecule has 3 aromatic rings. The maximum atomic E-state index is 12.8. The Morgan fingerprint density at radius 2 is 1.80 bits per heavy atom. The van der Waals surface area contributed by atoms with Crippen LogP contribution in [0.3, 0.4) is 0 Å². The molecule has 0 saturated carbocycles. The van der Waals surface area contributed by atoms with Crippen molar-refractivity contribution in [3.63, 3.8) is 0 Å². The molecule has 0 bridgehead atoms. The fourth-order valence-electron chi connectivity index (χ4n) is 3.05. The van der Waals surface area contributed by atoms with Gasteiger partial charge in [0, 0.05) is 26.4 Å². The normalized spacial score (nSPS) is 10.9. The molecule has 2 N–H and O–H groups in total. The van der Waals surface area contributed by atoms with Gasteiger partial charge in [-0.1, -0.05) is 51.8 Å². The van der Waals surface area contributed by atoms with Crippen molar-refractivity contribution in [2.45, 2.75) is 13.8 Å². The number of halogens is 3. The Morgan fingerprint density at radius 1 is 1.06 bits per heavy atom. The van der Waals surface area contributed by atoms with Gasteiger partial charge in [0.25, 0.3) is 11.8 Å². The largest absolute Gasteiger partial charge is 0.482 e. The van der Waals surface area contributed by atoms with Crippen LogP contribution >= 0.6 is 43.5 Å². The number of para-hydroxylation sites is 1. The van der Waals surface area contributed by atoms with E-state index in [4.69, 9.17) is 16.3 Å². The zero-order valence-electron chi connectivity index (χ0n) is 18.8. The van der Waals surface area contributed by atoms with Gasteiger partial charge in [-0.05, 0) is 77.3 Å². The molecule has 0 atom stereocenters. The van der Waals surface area contributed by atoms with Crippen molar-refractivity contribution in [1.29, 1.82) is 5.26 Å². The minimum atomic E-state index is -0.558. The molecule has 0 aliphatic carbocycles. The number of nitriles is 1. The van der Waals surface area contributed by atoms with Crippen LogP contribution < -0.4 is 15.4 Å². The molecule has 9 heteroatoms. The predicted molar refractivity (Wildman–Crippen MR) is 146 cm³/mol. The monoisotopic (exact) mass is 615 g/mol. The number of carbonyl (C=O) groups is 2. The quantitative estimate of drug-likeness (QED) is 0.220. The SMILES string of the molecule is Cc1ccc(NC(=O)COc2c(Br)cc(Br)cc2/C=C(/C#N)C(=O)Nc2ccccc2C)cc1Cl. The molecule has 0 unspecified atom stereocenters. The highest BCUT2D eigenvalue weighted by molar-refractivity contribution is 9.11. The van der Waals surface area contributed by atoms with Crippen molar-refractivity contribution in [3.05, 3.63) is 90.8 Å². The van der Waals surface area contributed by atoms with E-state index in [0.717, 1.165) is 11.1 Å². The molecule has 0 heterocycles. The van der Waals surface area contributed by atoms with Gasteiger partial charge in [0.15, 0.2) is 6.61 Å². The second-order valence-electron chi connectivity index (χ2n) is 7.55. The highest BCUT2D eigenvalue weighted by Gasteiger charge is 2.16. The van der Waals surface area contributed by atoms with E-state index in [0.29, 0.717) is 36.7 Å². The third-order valence-corrected chi connectivity index (χ3v) is 6.35. The van der Waals surface area contributed by atoms with Gasteiger partial charge in [-0.25, -0.2) is 0 Å². The number of hydrogen-bond acceptors (Lipinski definition) is 4. The van der Waals surface area contributed by atoms with Crippen molar-refractivity contribution in [3.8, 4) is 11.8 Å². The summed E-state index contributed by atoms with van der Waals surface area (Å²) in [6.45, 7) is 3.43. The highest BCUT2D eigenvalue weighted by atomic mass is 79.9. The number of ether oxygens (including phenoxy) is 1. The molecule has 178 valence electrons. The maximum Gasteiger partial charge on any atom is 0.266 e. The Hall–Kier alpha value is -3.12. The number of rotatable bonds is 7. The second kappa shape index (κ2) is 12.0. The summed E-state index contributed by atoms with van der Waals surface area (Å²) in [5.74, 6) is -0.646. The molecular weight excluding hydrogens is 598 g/mol. The minimum absolute atomic E-state index is 0.123. The van der Waals surface area contributed by atoms with E-state index < -0.39 is 11.8 Å². The molecule has 0 spiro atoms. The third-order valence-electron chi connectivity index (χ3n) is 4.90. The summed E-state index contributed by atoms with van der Waals surface area (Å²) >= 11 is 12.9. The van der Waals surface area contributed by atoms with E-state index in [1.165, 1.54) is 6.08 Å². The Balaban J connectivity index is 1.81. The summed E-state index contributed by atoms with van der Waals surface area (Å²) in [4.78, 5) is 25.2. The number of anilines is 2. The summed E-state index contributed by atoms with van der Waals surface area (Å²) in [6.07, 6.45) is 1.41. The van der Waals surface area contributed by atoms with Crippen molar-refractivity contribution in [2.75, 3.05) is 17.2 Å². The Kier molecular flexibility index (Phi) is 9.10. The van der Waals surface area contributed by atoms with Crippen LogP contribution in [0.5, 0.6) is 5.75 Å². The average Bonchev–Trinajstić information content (AvgIpc) is 2.80. The molecule has 0 radical (unpaired) electrons. The first kappa shape index (κ1) is 26.5. The first-order valence-corrected chi connectivity index (χ1v) is 12.3. The van der Waals surface area contributed by atoms with Crippen LogP contribution in [0.25, 0.3) is 6.08 Å². The van der Waals surface area contributed by atoms with E-state index in [-0.39, 0.29) is 12.2 Å². The number of nitrogens with zero attached hydrogens (tertiary/aromatic N) is 1. The first-order valence-electron chi connectivity index (χ1n) is 10.3. The maximum absolute atomic E-state index is 12.8. The summed E-state index contributed by atoms with van der Waals surface area (Å²) in [6, 6.07) is 17.8. The minimum Gasteiger partial charge on any atom is -0.482 e. The number of amides is 2. The molecule has 0 saturated heterocycles. The average molecular weight is 618 g/mol. The Morgan fingerprint density at radius 3 is 2.49 bits per heavy atom. The van der Waals surface area contributed by atoms with E-state index in [1.807, 2.05) is 32.0 Å². The van der Waals surface area contributed by atoms with Crippen molar-refractivity contribution in [1.82, 2.24) is 0 Å². The summed E-state index contributed by atoms with van der Waals surface area (Å²) in [5, 5.41) is 15.7. The van der Waals surface area contributed by atoms with Crippen LogP contribution in [-0.4, -0.2) is 18.4 Å². The number of nitrogens with one attached hydrogen (secondary N) is 2. The summed E-state index contributed by atoms with van der Waals surface area (Å²) in [5.41, 5.74) is 3.24. The summed E-state index contributed by atoms with van der Waals surface area (Å²) in [7, 11) is 0. The standard InChI is InChI=1S/C26H20Br2ClN3O3/c1-15-7-8-20(12-22(15)29)31-24(33)14-35-25-17(10-19(27)11-21(25)28)9-18(13-30)26(34)32-23-6-4-3-5-16(23)2/h3-12H,14H2,1-2H3,(H,31,33)(H,32,34)/b18-9-. The summed E-state index contributed by atoms with van der Waals surface area (Å²) < 4.78 is 7.01. The van der Waals surface area contributed by atoms with Crippen LogP contribution in [-0.2, 0) is 9.59 Å². The van der Waals surface area contributed by atoms with Gasteiger partial charge >= 0.3 is 0 Å². The molecule has 0 aliphatic heterocycles. The van der Waals surface area contributed by atoms with E-state index >= 15 is 0 Å². The molecule has 3 aromatic carbocycles. The molecule has 3 rings (SSSR count). The smallest absolute Gasteiger partial charge is 0.266 e. The fourth-order valence-corrected chi connectivity index (χ4v) is 4.61. The number of carbonyl (C=O) groups excluding carboxylic acids is 2. The second-order valence-corrected chi connectivity index (χ2v) is 9.72. The lowest BCUT2D eigenvalue weighted by Crippen LogP contribution is -2.20. The van der Waals surface area contributed by atoms with Crippen molar-refractivity contribution < 1.29 is 14.3 Å². The first-order chi connectivity index (χ1) is 16.7. The molecule has 2 amide bonds. The van der Waals surface area contributed by atoms with Crippen LogP contribution in [0, 0.1) is 25.2 Å². The highest BCUT2D eigenvalue weighted by Crippen LogP contribution is 2.34. The van der Waals surface area contributed by atoms with E-state index in [2.05, 4.69) is 42.5 Å². The van der Waals surface area contributed by atoms with Crippen LogP contribution in [0.1, 0.15) is 16.7 Å². The van der Waals surface area contributed by atoms with Crippen molar-refractivity contribution in [2.24, 2.45) is 0 Å². The number of benzene rings is 3. The molecule has 0 aromatic heterocycles. The Bertz CT molecular complexity index is 1370.